The first-order valence-electron chi connectivity index (χ1n) is 10.4. The zero-order valence-corrected chi connectivity index (χ0v) is 21.4. The van der Waals surface area contributed by atoms with Crippen molar-refractivity contribution in [1.82, 2.24) is 4.90 Å². The van der Waals surface area contributed by atoms with E-state index in [2.05, 4.69) is 116 Å². The van der Waals surface area contributed by atoms with Crippen LogP contribution >= 0.6 is 0 Å². The molecule has 32 heavy (non-hydrogen) atoms. The minimum Gasteiger partial charge on any atom is -1.00 e. The Morgan fingerprint density at radius 2 is 1.38 bits per heavy atom. The van der Waals surface area contributed by atoms with Crippen molar-refractivity contribution in [2.24, 2.45) is 0 Å². The second-order valence-electron chi connectivity index (χ2n) is 7.86. The third-order valence-corrected chi connectivity index (χ3v) is 6.78. The summed E-state index contributed by atoms with van der Waals surface area (Å²) in [6.45, 7) is 0.989. The fourth-order valence-electron chi connectivity index (χ4n) is 3.80. The van der Waals surface area contributed by atoms with Gasteiger partial charge in [-0.3, -0.25) is 0 Å². The van der Waals surface area contributed by atoms with Crippen molar-refractivity contribution in [3.05, 3.63) is 119 Å². The van der Waals surface area contributed by atoms with Crippen LogP contribution in [0.15, 0.2) is 103 Å². The van der Waals surface area contributed by atoms with Crippen LogP contribution in [0.4, 0.5) is 0 Å². The van der Waals surface area contributed by atoms with Gasteiger partial charge < -0.3 is 24.8 Å². The summed E-state index contributed by atoms with van der Waals surface area (Å²) in [5.74, 6) is 0. The Morgan fingerprint density at radius 3 is 1.97 bits per heavy atom. The average Bonchev–Trinajstić information content (AvgIpc) is 3.23. The third-order valence-electron chi connectivity index (χ3n) is 5.21. The van der Waals surface area contributed by atoms with E-state index in [0.717, 1.165) is 13.0 Å². The number of allylic oxidation sites excluding steroid dienone is 2. The number of benzene rings is 3. The van der Waals surface area contributed by atoms with E-state index >= 15 is 0 Å². The van der Waals surface area contributed by atoms with E-state index < -0.39 is 19.5 Å². The first-order valence-corrected chi connectivity index (χ1v) is 11.8. The van der Waals surface area contributed by atoms with Crippen molar-refractivity contribution in [3.8, 4) is 0 Å². The van der Waals surface area contributed by atoms with Gasteiger partial charge in [-0.05, 0) is 0 Å². The van der Waals surface area contributed by atoms with E-state index in [9.17, 15) is 0 Å². The van der Waals surface area contributed by atoms with Gasteiger partial charge in [0.05, 0.1) is 0 Å². The van der Waals surface area contributed by atoms with Crippen molar-refractivity contribution in [2.75, 3.05) is 20.6 Å². The standard InChI is InChI=1S/C14H16N.C13H11O.2ClH.Ti/c1-15(2)11-12-8-9-14(10-12)13-6-4-3-5-7-13;14-13(11-7-3-1-4-8-11)12-9-5-2-6-10-12;;;/h3-6,8,10H,9,11H2,1-2H3;1-10,13H;2*1H;/q;-1;;;+3/p-2. The van der Waals surface area contributed by atoms with Crippen molar-refractivity contribution in [3.63, 3.8) is 0 Å². The Bertz CT molecular complexity index is 996. The van der Waals surface area contributed by atoms with Crippen LogP contribution < -0.4 is 28.7 Å². The zero-order chi connectivity index (χ0) is 20.8. The van der Waals surface area contributed by atoms with E-state index in [4.69, 9.17) is 3.32 Å². The van der Waals surface area contributed by atoms with Gasteiger partial charge in [0.15, 0.2) is 0 Å². The minimum atomic E-state index is -0.773. The van der Waals surface area contributed by atoms with E-state index in [-0.39, 0.29) is 30.9 Å². The van der Waals surface area contributed by atoms with Crippen molar-refractivity contribution in [1.29, 1.82) is 0 Å². The number of nitrogens with zero attached hydrogens (tertiary/aromatic N) is 1. The molecule has 3 aromatic rings. The summed E-state index contributed by atoms with van der Waals surface area (Å²) in [4.78, 5) is 2.22. The molecule has 1 aliphatic carbocycles. The summed E-state index contributed by atoms with van der Waals surface area (Å²) in [6.07, 6.45) is 5.69. The summed E-state index contributed by atoms with van der Waals surface area (Å²) in [7, 11) is 4.24. The first-order chi connectivity index (χ1) is 14.7. The van der Waals surface area contributed by atoms with Crippen LogP contribution in [0.25, 0.3) is 5.57 Å². The van der Waals surface area contributed by atoms with Crippen LogP contribution in [-0.2, 0) is 22.9 Å². The van der Waals surface area contributed by atoms with E-state index in [1.165, 1.54) is 31.7 Å². The average molecular weight is 500 g/mol. The Balaban J connectivity index is 0.00000181. The SMILES string of the molecule is CN(C)CC1=CCC(c2cccc[c]2[Ti+2][O]C(c2ccccc2)c2ccccc2)=C1.[Cl-].[Cl-]. The summed E-state index contributed by atoms with van der Waals surface area (Å²) in [5, 5.41) is 0. The monoisotopic (exact) mass is 499 g/mol. The molecule has 2 nitrogen and oxygen atoms in total. The predicted octanol–water partition coefficient (Wildman–Crippen LogP) is -0.601. The van der Waals surface area contributed by atoms with Crippen LogP contribution in [0.3, 0.4) is 0 Å². The molecular formula is C27H27Cl2NOTi. The molecule has 0 radical (unpaired) electrons. The summed E-state index contributed by atoms with van der Waals surface area (Å²) < 4.78 is 8.03. The minimum absolute atomic E-state index is 0. The summed E-state index contributed by atoms with van der Waals surface area (Å²) in [5.41, 5.74) is 6.57. The summed E-state index contributed by atoms with van der Waals surface area (Å²) in [6, 6.07) is 29.9. The van der Waals surface area contributed by atoms with E-state index in [0.29, 0.717) is 0 Å². The molecule has 3 aromatic carbocycles. The van der Waals surface area contributed by atoms with Gasteiger partial charge in [-0.25, -0.2) is 0 Å². The van der Waals surface area contributed by atoms with Crippen molar-refractivity contribution in [2.45, 2.75) is 12.5 Å². The zero-order valence-electron chi connectivity index (χ0n) is 18.3. The van der Waals surface area contributed by atoms with Gasteiger partial charge in [0.1, 0.15) is 0 Å². The molecular weight excluding hydrogens is 473 g/mol. The van der Waals surface area contributed by atoms with Gasteiger partial charge in [-0.2, -0.15) is 0 Å². The molecule has 0 unspecified atom stereocenters. The predicted molar refractivity (Wildman–Crippen MR) is 121 cm³/mol. The van der Waals surface area contributed by atoms with Gasteiger partial charge in [0.25, 0.3) is 0 Å². The molecule has 5 heteroatoms. The number of hydrogen-bond acceptors (Lipinski definition) is 2. The topological polar surface area (TPSA) is 12.5 Å². The number of halogens is 2. The molecule has 0 spiro atoms. The maximum atomic E-state index is 6.66. The molecule has 0 saturated heterocycles. The molecule has 0 fully saturated rings. The van der Waals surface area contributed by atoms with Crippen molar-refractivity contribution < 1.29 is 47.7 Å². The van der Waals surface area contributed by atoms with Crippen LogP contribution in [-0.4, -0.2) is 25.5 Å². The molecule has 0 atom stereocenters. The van der Waals surface area contributed by atoms with Crippen LogP contribution in [0.2, 0.25) is 0 Å². The van der Waals surface area contributed by atoms with Crippen LogP contribution in [0, 0.1) is 0 Å². The van der Waals surface area contributed by atoms with Crippen LogP contribution in [0.5, 0.6) is 0 Å². The Morgan fingerprint density at radius 1 is 0.812 bits per heavy atom. The molecule has 0 heterocycles. The number of rotatable bonds is 8. The maximum Gasteiger partial charge on any atom is -1.00 e. The molecule has 164 valence electrons. The normalized spacial score (nSPS) is 12.5. The van der Waals surface area contributed by atoms with Gasteiger partial charge in [0.2, 0.25) is 0 Å². The second kappa shape index (κ2) is 13.2. The molecule has 1 aliphatic rings. The smallest absolute Gasteiger partial charge is 1.00 e. The van der Waals surface area contributed by atoms with Gasteiger partial charge >= 0.3 is 190 Å². The molecule has 4 rings (SSSR count). The largest absolute Gasteiger partial charge is 1.00 e. The van der Waals surface area contributed by atoms with Crippen LogP contribution in [0.1, 0.15) is 29.2 Å². The Hall–Kier alpha value is -1.65. The number of hydrogen-bond donors (Lipinski definition) is 0. The maximum absolute atomic E-state index is 6.66. The van der Waals surface area contributed by atoms with E-state index in [1.807, 2.05) is 0 Å². The van der Waals surface area contributed by atoms with E-state index in [1.54, 1.807) is 0 Å². The molecule has 0 aromatic heterocycles. The first kappa shape index (κ1) is 26.6. The third kappa shape index (κ3) is 6.92. The molecule has 0 aliphatic heterocycles. The van der Waals surface area contributed by atoms with Gasteiger partial charge in [-0.15, -0.1) is 0 Å². The van der Waals surface area contributed by atoms with Gasteiger partial charge in [-0.1, -0.05) is 0 Å². The fourth-order valence-corrected chi connectivity index (χ4v) is 5.42. The molecule has 0 saturated carbocycles. The quantitative estimate of drug-likeness (QED) is 0.384. The van der Waals surface area contributed by atoms with Gasteiger partial charge in [0, 0.05) is 0 Å². The molecule has 0 N–H and O–H groups in total. The second-order valence-corrected chi connectivity index (χ2v) is 9.39. The Labute approximate surface area is 213 Å². The molecule has 0 bridgehead atoms. The molecule has 0 amide bonds. The Kier molecular flexibility index (Phi) is 10.9. The van der Waals surface area contributed by atoms with Crippen molar-refractivity contribution >= 4 is 9.44 Å². The summed E-state index contributed by atoms with van der Waals surface area (Å²) >= 11 is -0.773. The fraction of sp³-hybridized carbons (Fsp3) is 0.185. The number of likely N-dealkylation sites (N-methyl/N-ethyl adjacent to an activating group) is 1.